The summed E-state index contributed by atoms with van der Waals surface area (Å²) in [5.74, 6) is 1.06. The van der Waals surface area contributed by atoms with Crippen LogP contribution in [0.25, 0.3) is 0 Å². The smallest absolute Gasteiger partial charge is 0.416 e. The topological polar surface area (TPSA) is 48.0 Å². The van der Waals surface area contributed by atoms with Gasteiger partial charge in [-0.25, -0.2) is 0 Å². The van der Waals surface area contributed by atoms with Crippen LogP contribution in [0.3, 0.4) is 0 Å². The summed E-state index contributed by atoms with van der Waals surface area (Å²) in [6, 6.07) is 7.91. The number of ether oxygens (including phenoxy) is 3. The molecule has 2 aromatic rings. The van der Waals surface area contributed by atoms with E-state index >= 15 is 0 Å². The Hall–Kier alpha value is -2.90. The molecule has 0 saturated carbocycles. The summed E-state index contributed by atoms with van der Waals surface area (Å²) in [7, 11) is 3.06. The molecule has 0 fully saturated rings. The minimum Gasteiger partial charge on any atom is -0.493 e. The van der Waals surface area contributed by atoms with Gasteiger partial charge in [-0.3, -0.25) is 4.79 Å². The van der Waals surface area contributed by atoms with Crippen molar-refractivity contribution in [2.45, 2.75) is 25.6 Å². The summed E-state index contributed by atoms with van der Waals surface area (Å²) in [5, 5.41) is 0. The zero-order valence-electron chi connectivity index (χ0n) is 16.4. The second-order valence-electron chi connectivity index (χ2n) is 6.72. The van der Waals surface area contributed by atoms with Gasteiger partial charge < -0.3 is 19.1 Å². The lowest BCUT2D eigenvalue weighted by Gasteiger charge is -2.37. The van der Waals surface area contributed by atoms with E-state index in [-0.39, 0.29) is 18.3 Å². The van der Waals surface area contributed by atoms with Crippen molar-refractivity contribution in [2.24, 2.45) is 0 Å². The molecule has 1 aliphatic rings. The number of nitrogens with zero attached hydrogens (tertiary/aromatic N) is 1. The maximum Gasteiger partial charge on any atom is 0.416 e. The van der Waals surface area contributed by atoms with Crippen LogP contribution in [0.1, 0.15) is 29.7 Å². The second-order valence-corrected chi connectivity index (χ2v) is 6.72. The van der Waals surface area contributed by atoms with E-state index in [2.05, 4.69) is 0 Å². The number of fused-ring (bicyclic) bond motifs is 1. The fourth-order valence-electron chi connectivity index (χ4n) is 3.52. The highest BCUT2D eigenvalue weighted by Crippen LogP contribution is 2.39. The molecule has 0 radical (unpaired) electrons. The van der Waals surface area contributed by atoms with Crippen LogP contribution in [0.5, 0.6) is 17.2 Å². The first kappa shape index (κ1) is 20.8. The molecule has 0 aliphatic carbocycles. The molecule has 1 heterocycles. The molecule has 0 spiro atoms. The van der Waals surface area contributed by atoms with E-state index in [0.29, 0.717) is 24.5 Å². The zero-order chi connectivity index (χ0) is 21.2. The van der Waals surface area contributed by atoms with E-state index in [1.807, 2.05) is 6.07 Å². The monoisotopic (exact) mass is 409 g/mol. The number of amides is 1. The van der Waals surface area contributed by atoms with Crippen LogP contribution in [0.2, 0.25) is 0 Å². The largest absolute Gasteiger partial charge is 0.493 e. The first-order valence-electron chi connectivity index (χ1n) is 9.06. The van der Waals surface area contributed by atoms with E-state index in [9.17, 15) is 18.0 Å². The molecule has 1 aliphatic heterocycles. The number of rotatable bonds is 5. The molecule has 29 heavy (non-hydrogen) atoms. The van der Waals surface area contributed by atoms with Crippen molar-refractivity contribution in [2.75, 3.05) is 27.4 Å². The molecule has 5 nitrogen and oxygen atoms in total. The van der Waals surface area contributed by atoms with E-state index in [1.165, 1.54) is 26.2 Å². The Morgan fingerprint density at radius 3 is 2.45 bits per heavy atom. The van der Waals surface area contributed by atoms with Gasteiger partial charge in [0.15, 0.2) is 11.5 Å². The van der Waals surface area contributed by atoms with E-state index < -0.39 is 17.8 Å². The molecule has 156 valence electrons. The molecule has 0 saturated heterocycles. The van der Waals surface area contributed by atoms with Gasteiger partial charge in [-0.15, -0.1) is 0 Å². The Bertz CT molecular complexity index is 898. The van der Waals surface area contributed by atoms with Crippen molar-refractivity contribution in [1.82, 2.24) is 4.90 Å². The van der Waals surface area contributed by atoms with Crippen LogP contribution >= 0.6 is 0 Å². The van der Waals surface area contributed by atoms with Crippen LogP contribution in [-0.2, 0) is 17.4 Å². The Morgan fingerprint density at radius 2 is 1.83 bits per heavy atom. The van der Waals surface area contributed by atoms with Crippen molar-refractivity contribution < 1.29 is 32.2 Å². The van der Waals surface area contributed by atoms with Crippen LogP contribution in [0.15, 0.2) is 36.4 Å². The number of carbonyl (C=O) groups excluding carboxylic acids is 1. The highest BCUT2D eigenvalue weighted by Gasteiger charge is 2.33. The van der Waals surface area contributed by atoms with E-state index in [1.54, 1.807) is 18.1 Å². The first-order valence-corrected chi connectivity index (χ1v) is 9.06. The Kier molecular flexibility index (Phi) is 5.91. The SMILES string of the molecule is COc1cc2c(cc1OC)C(COc1cccc(C(F)(F)F)c1)N(C(C)=O)CC2. The van der Waals surface area contributed by atoms with Crippen LogP contribution in [0, 0.1) is 0 Å². The molecule has 3 rings (SSSR count). The number of methoxy groups -OCH3 is 2. The summed E-state index contributed by atoms with van der Waals surface area (Å²) in [6.07, 6.45) is -3.82. The fourth-order valence-corrected chi connectivity index (χ4v) is 3.52. The lowest BCUT2D eigenvalue weighted by molar-refractivity contribution is -0.137. The number of hydrogen-bond acceptors (Lipinski definition) is 4. The predicted molar refractivity (Wildman–Crippen MR) is 100 cm³/mol. The third kappa shape index (κ3) is 4.41. The van der Waals surface area contributed by atoms with E-state index in [4.69, 9.17) is 14.2 Å². The summed E-state index contributed by atoms with van der Waals surface area (Å²) in [4.78, 5) is 13.8. The molecule has 2 aromatic carbocycles. The summed E-state index contributed by atoms with van der Waals surface area (Å²) in [6.45, 7) is 1.96. The van der Waals surface area contributed by atoms with Crippen LogP contribution < -0.4 is 14.2 Å². The van der Waals surface area contributed by atoms with Crippen molar-refractivity contribution in [3.63, 3.8) is 0 Å². The average molecular weight is 409 g/mol. The van der Waals surface area contributed by atoms with Gasteiger partial charge in [0, 0.05) is 13.5 Å². The Balaban J connectivity index is 1.91. The molecule has 0 aromatic heterocycles. The van der Waals surface area contributed by atoms with Crippen molar-refractivity contribution in [1.29, 1.82) is 0 Å². The number of hydrogen-bond donors (Lipinski definition) is 0. The third-order valence-electron chi connectivity index (χ3n) is 4.98. The quantitative estimate of drug-likeness (QED) is 0.741. The van der Waals surface area contributed by atoms with Gasteiger partial charge in [0.1, 0.15) is 12.4 Å². The molecule has 8 heteroatoms. The molecule has 1 amide bonds. The van der Waals surface area contributed by atoms with Gasteiger partial charge >= 0.3 is 6.18 Å². The van der Waals surface area contributed by atoms with Crippen LogP contribution in [-0.4, -0.2) is 38.2 Å². The summed E-state index contributed by atoms with van der Waals surface area (Å²) >= 11 is 0. The highest BCUT2D eigenvalue weighted by molar-refractivity contribution is 5.74. The second kappa shape index (κ2) is 8.23. The summed E-state index contributed by atoms with van der Waals surface area (Å²) in [5.41, 5.74) is 1.03. The van der Waals surface area contributed by atoms with Gasteiger partial charge in [-0.1, -0.05) is 6.07 Å². The average Bonchev–Trinajstić information content (AvgIpc) is 2.70. The standard InChI is InChI=1S/C21H22F3NO4/c1-13(26)25-8-7-14-9-19(27-2)20(28-3)11-17(14)18(25)12-29-16-6-4-5-15(10-16)21(22,23)24/h4-6,9-11,18H,7-8,12H2,1-3H3. The Labute approximate surface area is 167 Å². The number of benzene rings is 2. The number of halogens is 3. The summed E-state index contributed by atoms with van der Waals surface area (Å²) < 4.78 is 55.2. The molecule has 0 bridgehead atoms. The molecular weight excluding hydrogens is 387 g/mol. The van der Waals surface area contributed by atoms with Crippen molar-refractivity contribution in [3.8, 4) is 17.2 Å². The van der Waals surface area contributed by atoms with Gasteiger partial charge in [0.2, 0.25) is 5.91 Å². The number of carbonyl (C=O) groups is 1. The van der Waals surface area contributed by atoms with Gasteiger partial charge in [0.25, 0.3) is 0 Å². The van der Waals surface area contributed by atoms with Gasteiger partial charge in [-0.05, 0) is 47.9 Å². The van der Waals surface area contributed by atoms with Gasteiger partial charge in [-0.2, -0.15) is 13.2 Å². The number of alkyl halides is 3. The molecule has 1 unspecified atom stereocenters. The van der Waals surface area contributed by atoms with Crippen LogP contribution in [0.4, 0.5) is 13.2 Å². The maximum absolute atomic E-state index is 12.9. The lowest BCUT2D eigenvalue weighted by atomic mass is 9.92. The van der Waals surface area contributed by atoms with E-state index in [0.717, 1.165) is 23.3 Å². The van der Waals surface area contributed by atoms with Crippen molar-refractivity contribution in [3.05, 3.63) is 53.1 Å². The third-order valence-corrected chi connectivity index (χ3v) is 4.98. The maximum atomic E-state index is 12.9. The zero-order valence-corrected chi connectivity index (χ0v) is 16.4. The molecule has 1 atom stereocenters. The lowest BCUT2D eigenvalue weighted by Crippen LogP contribution is -2.41. The fraction of sp³-hybridized carbons (Fsp3) is 0.381. The predicted octanol–water partition coefficient (Wildman–Crippen LogP) is 4.25. The Morgan fingerprint density at radius 1 is 1.14 bits per heavy atom. The first-order chi connectivity index (χ1) is 13.7. The van der Waals surface area contributed by atoms with Gasteiger partial charge in [0.05, 0.1) is 25.8 Å². The minimum absolute atomic E-state index is 0.0172. The minimum atomic E-state index is -4.45. The van der Waals surface area contributed by atoms with Crippen molar-refractivity contribution >= 4 is 5.91 Å². The highest BCUT2D eigenvalue weighted by atomic mass is 19.4. The molecule has 0 N–H and O–H groups in total. The molecular formula is C21H22F3NO4. The normalized spacial score (nSPS) is 16.2.